The van der Waals surface area contributed by atoms with Crippen molar-refractivity contribution in [1.29, 1.82) is 0 Å². The van der Waals surface area contributed by atoms with Crippen LogP contribution in [-0.4, -0.2) is 61.3 Å². The maximum atomic E-state index is 13.7. The van der Waals surface area contributed by atoms with E-state index in [0.717, 1.165) is 6.54 Å². The molecular weight excluding hydrogens is 581 g/mol. The number of ether oxygens (including phenoxy) is 2. The Morgan fingerprint density at radius 2 is 1.61 bits per heavy atom. The summed E-state index contributed by atoms with van der Waals surface area (Å²) in [5.41, 5.74) is -2.55. The van der Waals surface area contributed by atoms with Crippen LogP contribution in [0, 0.1) is 11.7 Å². The number of hydrogen-bond donors (Lipinski definition) is 0. The fourth-order valence-electron chi connectivity index (χ4n) is 5.28. The van der Waals surface area contributed by atoms with E-state index < -0.39 is 47.6 Å². The number of hydrogen-bond acceptors (Lipinski definition) is 4. The zero-order chi connectivity index (χ0) is 29.2. The minimum Gasteiger partial charge on any atom is -0.352 e. The minimum atomic E-state index is -4.99. The smallest absolute Gasteiger partial charge is 0.352 e. The van der Waals surface area contributed by atoms with E-state index in [4.69, 9.17) is 9.47 Å². The molecule has 5 nitrogen and oxygen atoms in total. The highest BCUT2D eigenvalue weighted by Crippen LogP contribution is 2.42. The fourth-order valence-corrected chi connectivity index (χ4v) is 5.28. The molecule has 2 aromatic carbocycles. The number of nitrogens with zero attached hydrogens (tertiary/aromatic N) is 2. The zero-order valence-corrected chi connectivity index (χ0v) is 23.3. The van der Waals surface area contributed by atoms with E-state index in [1.165, 1.54) is 19.1 Å². The van der Waals surface area contributed by atoms with Crippen LogP contribution in [0.3, 0.4) is 0 Å². The second kappa shape index (κ2) is 13.3. The Balaban J connectivity index is 0.00000462. The molecule has 0 N–H and O–H groups in total. The van der Waals surface area contributed by atoms with Gasteiger partial charge in [-0.05, 0) is 67.3 Å². The molecule has 0 radical (unpaired) electrons. The van der Waals surface area contributed by atoms with Crippen molar-refractivity contribution in [3.63, 3.8) is 0 Å². The lowest BCUT2D eigenvalue weighted by atomic mass is 9.81. The van der Waals surface area contributed by atoms with E-state index in [9.17, 15) is 35.5 Å². The molecule has 0 aliphatic carbocycles. The number of carbonyl (C=O) groups is 1. The van der Waals surface area contributed by atoms with Crippen LogP contribution < -0.4 is 0 Å². The van der Waals surface area contributed by atoms with E-state index >= 15 is 0 Å². The number of carbonyl (C=O) groups excluding carboxylic acids is 1. The third kappa shape index (κ3) is 8.12. The summed E-state index contributed by atoms with van der Waals surface area (Å²) in [7, 11) is 0. The lowest BCUT2D eigenvalue weighted by Gasteiger charge is -2.43. The Labute approximate surface area is 240 Å². The van der Waals surface area contributed by atoms with Gasteiger partial charge in [0.1, 0.15) is 5.82 Å². The Morgan fingerprint density at radius 1 is 1.00 bits per heavy atom. The Hall–Kier alpha value is -2.41. The van der Waals surface area contributed by atoms with Crippen LogP contribution in [0.5, 0.6) is 0 Å². The molecule has 41 heavy (non-hydrogen) atoms. The molecule has 228 valence electrons. The van der Waals surface area contributed by atoms with E-state index in [-0.39, 0.29) is 49.0 Å². The van der Waals surface area contributed by atoms with Gasteiger partial charge < -0.3 is 14.4 Å². The van der Waals surface area contributed by atoms with Gasteiger partial charge >= 0.3 is 12.4 Å². The molecule has 2 fully saturated rings. The Bertz CT molecular complexity index is 1140. The van der Waals surface area contributed by atoms with Gasteiger partial charge in [-0.3, -0.25) is 9.69 Å². The second-order valence-corrected chi connectivity index (χ2v) is 10.2. The summed E-state index contributed by atoms with van der Waals surface area (Å²) in [5.74, 6) is -1.27. The SMILES string of the molecule is CCN1CCN(C[C@@H]2CCO[C@H](O[C@H](C)c3cc(C(F)(F)F)cc(C(F)(F)F)c3)[C@H]2c2ccc(F)cc2)C(=O)C1.Cl. The highest BCUT2D eigenvalue weighted by atomic mass is 35.5. The molecule has 1 amide bonds. The molecular formula is C28H32ClF7N2O3. The molecule has 4 atom stereocenters. The van der Waals surface area contributed by atoms with Crippen molar-refractivity contribution < 1.29 is 45.0 Å². The monoisotopic (exact) mass is 612 g/mol. The standard InChI is InChI=1S/C28H31F7N2O3.ClH/c1-3-36-9-10-37(24(38)16-36)15-19-8-11-39-26(25(19)18-4-6-23(29)7-5-18)40-17(2)20-12-21(27(30,31)32)14-22(13-20)28(33,34)35;/h4-7,12-14,17,19,25-26H,3,8-11,15-16H2,1-2H3;1H/t17-,19+,25+,26-;/m1./s1. The minimum absolute atomic E-state index is 0. The van der Waals surface area contributed by atoms with Crippen molar-refractivity contribution in [2.24, 2.45) is 5.92 Å². The van der Waals surface area contributed by atoms with E-state index in [1.807, 2.05) is 11.8 Å². The largest absolute Gasteiger partial charge is 0.416 e. The van der Waals surface area contributed by atoms with Gasteiger partial charge in [-0.2, -0.15) is 26.3 Å². The summed E-state index contributed by atoms with van der Waals surface area (Å²) >= 11 is 0. The lowest BCUT2D eigenvalue weighted by Crippen LogP contribution is -2.53. The van der Waals surface area contributed by atoms with Gasteiger partial charge in [0.05, 0.1) is 30.4 Å². The Kier molecular flexibility index (Phi) is 10.7. The molecule has 0 spiro atoms. The summed E-state index contributed by atoms with van der Waals surface area (Å²) in [6, 6.07) is 6.96. The Morgan fingerprint density at radius 3 is 2.15 bits per heavy atom. The number of amides is 1. The lowest BCUT2D eigenvalue weighted by molar-refractivity contribution is -0.211. The highest BCUT2D eigenvalue weighted by Gasteiger charge is 2.41. The molecule has 0 saturated carbocycles. The molecule has 2 saturated heterocycles. The summed E-state index contributed by atoms with van der Waals surface area (Å²) < 4.78 is 106. The number of likely N-dealkylation sites (N-methyl/N-ethyl adjacent to an activating group) is 1. The molecule has 13 heteroatoms. The van der Waals surface area contributed by atoms with Crippen LogP contribution in [0.25, 0.3) is 0 Å². The first-order valence-electron chi connectivity index (χ1n) is 13.1. The normalized spacial score (nSPS) is 23.3. The summed E-state index contributed by atoms with van der Waals surface area (Å²) in [6.07, 6.45) is -11.7. The van der Waals surface area contributed by atoms with Gasteiger partial charge in [-0.15, -0.1) is 12.4 Å². The van der Waals surface area contributed by atoms with Crippen molar-refractivity contribution in [2.45, 2.75) is 50.9 Å². The molecule has 0 bridgehead atoms. The van der Waals surface area contributed by atoms with E-state index in [0.29, 0.717) is 43.8 Å². The van der Waals surface area contributed by atoms with Gasteiger partial charge in [0.15, 0.2) is 6.29 Å². The first kappa shape index (κ1) is 33.1. The first-order valence-corrected chi connectivity index (χ1v) is 13.1. The van der Waals surface area contributed by atoms with Crippen LogP contribution in [0.1, 0.15) is 54.5 Å². The zero-order valence-electron chi connectivity index (χ0n) is 22.5. The van der Waals surface area contributed by atoms with Crippen LogP contribution in [0.15, 0.2) is 42.5 Å². The molecule has 0 unspecified atom stereocenters. The predicted molar refractivity (Wildman–Crippen MR) is 139 cm³/mol. The van der Waals surface area contributed by atoms with Gasteiger partial charge in [0.2, 0.25) is 5.91 Å². The van der Waals surface area contributed by atoms with Gasteiger partial charge in [0, 0.05) is 25.6 Å². The molecule has 4 rings (SSSR count). The average molecular weight is 613 g/mol. The predicted octanol–water partition coefficient (Wildman–Crippen LogP) is 6.67. The summed E-state index contributed by atoms with van der Waals surface area (Å²) in [4.78, 5) is 16.6. The number of rotatable bonds is 7. The van der Waals surface area contributed by atoms with Crippen molar-refractivity contribution in [3.05, 3.63) is 70.5 Å². The third-order valence-electron chi connectivity index (χ3n) is 7.54. The van der Waals surface area contributed by atoms with E-state index in [1.54, 1.807) is 17.0 Å². The highest BCUT2D eigenvalue weighted by molar-refractivity contribution is 5.85. The fraction of sp³-hybridized carbons (Fsp3) is 0.536. The van der Waals surface area contributed by atoms with Crippen molar-refractivity contribution in [2.75, 3.05) is 39.3 Å². The van der Waals surface area contributed by atoms with Crippen LogP contribution in [0.4, 0.5) is 30.7 Å². The van der Waals surface area contributed by atoms with Crippen LogP contribution in [-0.2, 0) is 26.6 Å². The topological polar surface area (TPSA) is 42.0 Å². The molecule has 2 aromatic rings. The van der Waals surface area contributed by atoms with Crippen LogP contribution >= 0.6 is 12.4 Å². The molecule has 0 aromatic heterocycles. The molecule has 2 aliphatic rings. The van der Waals surface area contributed by atoms with E-state index in [2.05, 4.69) is 0 Å². The third-order valence-corrected chi connectivity index (χ3v) is 7.54. The number of alkyl halides is 6. The summed E-state index contributed by atoms with van der Waals surface area (Å²) in [6.45, 7) is 6.16. The molecule has 2 heterocycles. The van der Waals surface area contributed by atoms with Gasteiger partial charge in [-0.1, -0.05) is 19.1 Å². The van der Waals surface area contributed by atoms with Gasteiger partial charge in [0.25, 0.3) is 0 Å². The molecule has 2 aliphatic heterocycles. The first-order chi connectivity index (χ1) is 18.8. The van der Waals surface area contributed by atoms with Crippen molar-refractivity contribution in [3.8, 4) is 0 Å². The number of benzene rings is 2. The van der Waals surface area contributed by atoms with Crippen molar-refractivity contribution >= 4 is 18.3 Å². The number of halogens is 8. The van der Waals surface area contributed by atoms with Gasteiger partial charge in [-0.25, -0.2) is 4.39 Å². The maximum Gasteiger partial charge on any atom is 0.416 e. The maximum absolute atomic E-state index is 13.7. The number of piperazine rings is 1. The second-order valence-electron chi connectivity index (χ2n) is 10.2. The van der Waals surface area contributed by atoms with Crippen LogP contribution in [0.2, 0.25) is 0 Å². The summed E-state index contributed by atoms with van der Waals surface area (Å²) in [5, 5.41) is 0. The average Bonchev–Trinajstić information content (AvgIpc) is 2.89. The quantitative estimate of drug-likeness (QED) is 0.328. The van der Waals surface area contributed by atoms with Crippen molar-refractivity contribution in [1.82, 2.24) is 9.80 Å².